The largest absolute Gasteiger partial charge is 0.493 e. The first-order chi connectivity index (χ1) is 14.0. The van der Waals surface area contributed by atoms with Crippen molar-refractivity contribution in [1.82, 2.24) is 14.9 Å². The van der Waals surface area contributed by atoms with E-state index in [0.29, 0.717) is 5.02 Å². The van der Waals surface area contributed by atoms with Crippen LogP contribution in [0, 0.1) is 10.1 Å². The minimum Gasteiger partial charge on any atom is -0.493 e. The zero-order chi connectivity index (χ0) is 21.0. The summed E-state index contributed by atoms with van der Waals surface area (Å²) >= 11 is 5.88. The molecule has 0 fully saturated rings. The lowest BCUT2D eigenvalue weighted by molar-refractivity contribution is -0.385. The minimum absolute atomic E-state index is 0.0944. The maximum absolute atomic E-state index is 11.8. The number of hydrogen-bond donors (Lipinski definition) is 0. The summed E-state index contributed by atoms with van der Waals surface area (Å²) in [5.41, 5.74) is 0.532. The maximum Gasteiger partial charge on any atom is 0.326 e. The second kappa shape index (κ2) is 8.57. The minimum atomic E-state index is -0.585. The number of nitro groups is 1. The van der Waals surface area contributed by atoms with Gasteiger partial charge in [0.25, 0.3) is 0 Å². The van der Waals surface area contributed by atoms with E-state index < -0.39 is 4.92 Å². The highest BCUT2D eigenvalue weighted by Crippen LogP contribution is 2.49. The molecule has 0 unspecified atom stereocenters. The Hall–Kier alpha value is -3.66. The number of methoxy groups -OCH3 is 3. The van der Waals surface area contributed by atoms with Gasteiger partial charge in [0.15, 0.2) is 11.6 Å². The van der Waals surface area contributed by atoms with E-state index in [-0.39, 0.29) is 34.3 Å². The molecule has 0 amide bonds. The summed E-state index contributed by atoms with van der Waals surface area (Å²) < 4.78 is 17.1. The third kappa shape index (κ3) is 3.97. The molecule has 0 aliphatic rings. The molecular formula is C18H16ClN5O5. The van der Waals surface area contributed by atoms with E-state index >= 15 is 0 Å². The van der Waals surface area contributed by atoms with Gasteiger partial charge in [-0.25, -0.2) is 0 Å². The lowest BCUT2D eigenvalue weighted by Gasteiger charge is -2.14. The first-order valence-corrected chi connectivity index (χ1v) is 8.55. The highest BCUT2D eigenvalue weighted by Gasteiger charge is 2.32. The van der Waals surface area contributed by atoms with Gasteiger partial charge < -0.3 is 14.2 Å². The van der Waals surface area contributed by atoms with Gasteiger partial charge in [0, 0.05) is 11.1 Å². The first kappa shape index (κ1) is 20.1. The van der Waals surface area contributed by atoms with Crippen LogP contribution in [0.5, 0.6) is 17.2 Å². The molecule has 3 aromatic rings. The SMILES string of the molecule is COc1cc(-c2nncn2N=Cc2ccc(Cl)cc2)c([N+](=O)[O-])c(OC)c1OC. The third-order valence-corrected chi connectivity index (χ3v) is 4.21. The second-order valence-electron chi connectivity index (χ2n) is 5.59. The fourth-order valence-electron chi connectivity index (χ4n) is 2.66. The summed E-state index contributed by atoms with van der Waals surface area (Å²) in [4.78, 5) is 11.2. The quantitative estimate of drug-likeness (QED) is 0.328. The van der Waals surface area contributed by atoms with Gasteiger partial charge in [-0.2, -0.15) is 9.78 Å². The number of ether oxygens (including phenoxy) is 3. The molecule has 0 spiro atoms. The highest BCUT2D eigenvalue weighted by molar-refractivity contribution is 6.30. The summed E-state index contributed by atoms with van der Waals surface area (Å²) in [5.74, 6) is 0.367. The van der Waals surface area contributed by atoms with Gasteiger partial charge >= 0.3 is 5.69 Å². The van der Waals surface area contributed by atoms with Crippen LogP contribution in [0.1, 0.15) is 5.56 Å². The molecule has 2 aromatic carbocycles. The molecule has 29 heavy (non-hydrogen) atoms. The highest BCUT2D eigenvalue weighted by atomic mass is 35.5. The van der Waals surface area contributed by atoms with Crippen molar-refractivity contribution in [3.8, 4) is 28.6 Å². The van der Waals surface area contributed by atoms with Gasteiger partial charge in [0.2, 0.25) is 11.5 Å². The Morgan fingerprint density at radius 3 is 2.41 bits per heavy atom. The van der Waals surface area contributed by atoms with E-state index in [1.54, 1.807) is 30.5 Å². The average Bonchev–Trinajstić information content (AvgIpc) is 3.19. The number of benzene rings is 2. The number of aromatic nitrogens is 3. The fourth-order valence-corrected chi connectivity index (χ4v) is 2.79. The average molecular weight is 418 g/mol. The van der Waals surface area contributed by atoms with Gasteiger partial charge in [-0.05, 0) is 17.7 Å². The van der Waals surface area contributed by atoms with Crippen LogP contribution in [0.3, 0.4) is 0 Å². The Balaban J connectivity index is 2.15. The van der Waals surface area contributed by atoms with Crippen molar-refractivity contribution in [2.24, 2.45) is 5.10 Å². The molecule has 1 heterocycles. The lowest BCUT2D eigenvalue weighted by atomic mass is 10.1. The van der Waals surface area contributed by atoms with Crippen LogP contribution in [0.4, 0.5) is 5.69 Å². The molecule has 0 aliphatic carbocycles. The molecule has 0 saturated carbocycles. The summed E-state index contributed by atoms with van der Waals surface area (Å²) in [5, 5.41) is 24.5. The summed E-state index contributed by atoms with van der Waals surface area (Å²) in [7, 11) is 4.08. The Morgan fingerprint density at radius 1 is 1.14 bits per heavy atom. The van der Waals surface area contributed by atoms with Crippen LogP contribution in [0.15, 0.2) is 41.8 Å². The standard InChI is InChI=1S/C18H16ClN5O5/c1-27-14-8-13(15(24(25)26)17(29-3)16(14)28-2)18-22-20-10-23(18)21-9-11-4-6-12(19)7-5-11/h4-10H,1-3H3. The Kier molecular flexibility index (Phi) is 5.93. The van der Waals surface area contributed by atoms with Crippen molar-refractivity contribution in [3.05, 3.63) is 57.4 Å². The molecule has 0 saturated heterocycles. The van der Waals surface area contributed by atoms with Crippen molar-refractivity contribution >= 4 is 23.5 Å². The summed E-state index contributed by atoms with van der Waals surface area (Å²) in [6.07, 6.45) is 2.88. The van der Waals surface area contributed by atoms with E-state index in [1.165, 1.54) is 38.4 Å². The van der Waals surface area contributed by atoms with Crippen LogP contribution in [0.2, 0.25) is 5.02 Å². The lowest BCUT2D eigenvalue weighted by Crippen LogP contribution is -2.04. The fraction of sp³-hybridized carbons (Fsp3) is 0.167. The van der Waals surface area contributed by atoms with Crippen molar-refractivity contribution < 1.29 is 19.1 Å². The van der Waals surface area contributed by atoms with Gasteiger partial charge in [-0.15, -0.1) is 10.2 Å². The zero-order valence-corrected chi connectivity index (χ0v) is 16.5. The van der Waals surface area contributed by atoms with Crippen molar-refractivity contribution in [3.63, 3.8) is 0 Å². The van der Waals surface area contributed by atoms with Crippen LogP contribution in [-0.4, -0.2) is 47.3 Å². The van der Waals surface area contributed by atoms with Crippen LogP contribution < -0.4 is 14.2 Å². The summed E-state index contributed by atoms with van der Waals surface area (Å²) in [6.45, 7) is 0. The smallest absolute Gasteiger partial charge is 0.326 e. The predicted octanol–water partition coefficient (Wildman–Crippen LogP) is 3.41. The molecule has 10 nitrogen and oxygen atoms in total. The van der Waals surface area contributed by atoms with E-state index in [1.807, 2.05) is 0 Å². The topological polar surface area (TPSA) is 114 Å². The van der Waals surface area contributed by atoms with E-state index in [9.17, 15) is 10.1 Å². The normalized spacial score (nSPS) is 10.9. The number of halogens is 1. The molecule has 150 valence electrons. The van der Waals surface area contributed by atoms with E-state index in [4.69, 9.17) is 25.8 Å². The maximum atomic E-state index is 11.8. The van der Waals surface area contributed by atoms with Gasteiger partial charge in [0.05, 0.1) is 32.5 Å². The monoisotopic (exact) mass is 417 g/mol. The second-order valence-corrected chi connectivity index (χ2v) is 6.03. The Morgan fingerprint density at radius 2 is 1.83 bits per heavy atom. The van der Waals surface area contributed by atoms with E-state index in [2.05, 4.69) is 15.3 Å². The van der Waals surface area contributed by atoms with Gasteiger partial charge in [-0.1, -0.05) is 23.7 Å². The number of nitrogens with zero attached hydrogens (tertiary/aromatic N) is 5. The van der Waals surface area contributed by atoms with Crippen molar-refractivity contribution in [1.29, 1.82) is 0 Å². The van der Waals surface area contributed by atoms with Crippen LogP contribution in [-0.2, 0) is 0 Å². The molecule has 0 aliphatic heterocycles. The number of nitro benzene ring substituents is 1. The van der Waals surface area contributed by atoms with Gasteiger partial charge in [0.1, 0.15) is 11.9 Å². The first-order valence-electron chi connectivity index (χ1n) is 8.17. The van der Waals surface area contributed by atoms with Crippen LogP contribution in [0.25, 0.3) is 11.4 Å². The molecule has 3 rings (SSSR count). The Labute approximate surface area is 170 Å². The third-order valence-electron chi connectivity index (χ3n) is 3.96. The summed E-state index contributed by atoms with van der Waals surface area (Å²) in [6, 6.07) is 8.42. The van der Waals surface area contributed by atoms with Crippen molar-refractivity contribution in [2.75, 3.05) is 21.3 Å². The molecule has 11 heteroatoms. The van der Waals surface area contributed by atoms with E-state index in [0.717, 1.165) is 5.56 Å². The van der Waals surface area contributed by atoms with Gasteiger partial charge in [-0.3, -0.25) is 10.1 Å². The molecule has 0 radical (unpaired) electrons. The predicted molar refractivity (Wildman–Crippen MR) is 106 cm³/mol. The molecule has 0 bridgehead atoms. The molecule has 0 N–H and O–H groups in total. The molecular weight excluding hydrogens is 402 g/mol. The molecule has 0 atom stereocenters. The molecule has 1 aromatic heterocycles. The number of hydrogen-bond acceptors (Lipinski definition) is 8. The van der Waals surface area contributed by atoms with Crippen LogP contribution >= 0.6 is 11.6 Å². The Bertz CT molecular complexity index is 1070. The number of rotatable bonds is 7. The zero-order valence-electron chi connectivity index (χ0n) is 15.7. The van der Waals surface area contributed by atoms with Crippen molar-refractivity contribution in [2.45, 2.75) is 0 Å².